The lowest BCUT2D eigenvalue weighted by molar-refractivity contribution is 0.0752. The Bertz CT molecular complexity index is 388. The molecule has 0 saturated carbocycles. The molecule has 1 heterocycles. The number of hydrogen-bond acceptors (Lipinski definition) is 5. The number of benzene rings is 1. The number of phenols is 1. The minimum absolute atomic E-state index is 0.0513. The first-order valence-electron chi connectivity index (χ1n) is 5.52. The van der Waals surface area contributed by atoms with Crippen LogP contribution in [0.3, 0.4) is 0 Å². The molecule has 17 heavy (non-hydrogen) atoms. The molecule has 2 rings (SSSR count). The van der Waals surface area contributed by atoms with E-state index in [-0.39, 0.29) is 11.8 Å². The Kier molecular flexibility index (Phi) is 3.71. The predicted molar refractivity (Wildman–Crippen MR) is 62.8 cm³/mol. The number of morpholine rings is 1. The van der Waals surface area contributed by atoms with Crippen molar-refractivity contribution in [2.75, 3.05) is 34.0 Å². The Balaban J connectivity index is 2.36. The van der Waals surface area contributed by atoms with E-state index in [0.717, 1.165) is 6.54 Å². The standard InChI is InChI=1S/C12H17NO4/c1-15-8-5-10(14)12(11(6-8)16-2)9-7-17-4-3-13-9/h5-6,9,13-14H,3-4,7H2,1-2H3/t9-/m0/s1. The highest BCUT2D eigenvalue weighted by atomic mass is 16.5. The van der Waals surface area contributed by atoms with Gasteiger partial charge in [-0.25, -0.2) is 0 Å². The van der Waals surface area contributed by atoms with Crippen LogP contribution in [0, 0.1) is 0 Å². The van der Waals surface area contributed by atoms with Gasteiger partial charge in [0, 0.05) is 18.7 Å². The third kappa shape index (κ3) is 2.45. The summed E-state index contributed by atoms with van der Waals surface area (Å²) >= 11 is 0. The summed E-state index contributed by atoms with van der Waals surface area (Å²) < 4.78 is 15.8. The first-order chi connectivity index (χ1) is 8.26. The van der Waals surface area contributed by atoms with E-state index in [1.54, 1.807) is 26.4 Å². The number of phenolic OH excluding ortho intramolecular Hbond substituents is 1. The summed E-state index contributed by atoms with van der Waals surface area (Å²) in [6, 6.07) is 3.28. The fourth-order valence-electron chi connectivity index (χ4n) is 1.98. The van der Waals surface area contributed by atoms with Crippen LogP contribution in [0.5, 0.6) is 17.2 Å². The Morgan fingerprint density at radius 2 is 2.18 bits per heavy atom. The molecule has 94 valence electrons. The van der Waals surface area contributed by atoms with E-state index in [1.807, 2.05) is 0 Å². The molecular formula is C12H17NO4. The van der Waals surface area contributed by atoms with Gasteiger partial charge < -0.3 is 24.6 Å². The first-order valence-corrected chi connectivity index (χ1v) is 5.52. The lowest BCUT2D eigenvalue weighted by Crippen LogP contribution is -2.34. The first kappa shape index (κ1) is 12.0. The van der Waals surface area contributed by atoms with Gasteiger partial charge in [-0.3, -0.25) is 0 Å². The normalized spacial score (nSPS) is 20.0. The Morgan fingerprint density at radius 1 is 1.35 bits per heavy atom. The van der Waals surface area contributed by atoms with Gasteiger partial charge in [-0.05, 0) is 0 Å². The zero-order chi connectivity index (χ0) is 12.3. The number of methoxy groups -OCH3 is 2. The minimum Gasteiger partial charge on any atom is -0.507 e. The van der Waals surface area contributed by atoms with Crippen LogP contribution in [-0.4, -0.2) is 39.1 Å². The van der Waals surface area contributed by atoms with Gasteiger partial charge in [0.15, 0.2) is 0 Å². The number of hydrogen-bond donors (Lipinski definition) is 2. The van der Waals surface area contributed by atoms with Crippen molar-refractivity contribution in [3.05, 3.63) is 17.7 Å². The number of aromatic hydroxyl groups is 1. The van der Waals surface area contributed by atoms with Crippen LogP contribution in [0.25, 0.3) is 0 Å². The topological polar surface area (TPSA) is 60.0 Å². The summed E-state index contributed by atoms with van der Waals surface area (Å²) in [6.07, 6.45) is 0. The van der Waals surface area contributed by atoms with Gasteiger partial charge in [-0.15, -0.1) is 0 Å². The van der Waals surface area contributed by atoms with Gasteiger partial charge in [0.25, 0.3) is 0 Å². The maximum Gasteiger partial charge on any atom is 0.131 e. The quantitative estimate of drug-likeness (QED) is 0.826. The predicted octanol–water partition coefficient (Wildman–Crippen LogP) is 1.07. The van der Waals surface area contributed by atoms with E-state index in [4.69, 9.17) is 14.2 Å². The fourth-order valence-corrected chi connectivity index (χ4v) is 1.98. The summed E-state index contributed by atoms with van der Waals surface area (Å²) in [5.74, 6) is 1.33. The van der Waals surface area contributed by atoms with Crippen molar-refractivity contribution >= 4 is 0 Å². The molecule has 1 fully saturated rings. The summed E-state index contributed by atoms with van der Waals surface area (Å²) in [5, 5.41) is 13.3. The molecule has 5 heteroatoms. The van der Waals surface area contributed by atoms with Gasteiger partial charge >= 0.3 is 0 Å². The summed E-state index contributed by atoms with van der Waals surface area (Å²) in [7, 11) is 3.12. The third-order valence-corrected chi connectivity index (χ3v) is 2.82. The lowest BCUT2D eigenvalue weighted by Gasteiger charge is -2.26. The molecule has 1 saturated heterocycles. The second-order valence-corrected chi connectivity index (χ2v) is 3.84. The van der Waals surface area contributed by atoms with Crippen LogP contribution in [0.15, 0.2) is 12.1 Å². The highest BCUT2D eigenvalue weighted by Crippen LogP contribution is 2.38. The van der Waals surface area contributed by atoms with E-state index in [0.29, 0.717) is 30.3 Å². The van der Waals surface area contributed by atoms with Crippen molar-refractivity contribution in [3.63, 3.8) is 0 Å². The van der Waals surface area contributed by atoms with E-state index < -0.39 is 0 Å². The molecule has 5 nitrogen and oxygen atoms in total. The van der Waals surface area contributed by atoms with Crippen molar-refractivity contribution < 1.29 is 19.3 Å². The van der Waals surface area contributed by atoms with Crippen LogP contribution in [0.1, 0.15) is 11.6 Å². The Morgan fingerprint density at radius 3 is 2.76 bits per heavy atom. The third-order valence-electron chi connectivity index (χ3n) is 2.82. The van der Waals surface area contributed by atoms with Crippen LogP contribution >= 0.6 is 0 Å². The number of nitrogens with one attached hydrogen (secondary N) is 1. The van der Waals surface area contributed by atoms with E-state index in [1.165, 1.54) is 0 Å². The Labute approximate surface area is 100 Å². The van der Waals surface area contributed by atoms with Crippen molar-refractivity contribution in [2.45, 2.75) is 6.04 Å². The van der Waals surface area contributed by atoms with Crippen LogP contribution in [-0.2, 0) is 4.74 Å². The second kappa shape index (κ2) is 5.25. The second-order valence-electron chi connectivity index (χ2n) is 3.84. The molecule has 1 aromatic carbocycles. The molecule has 0 unspecified atom stereocenters. The van der Waals surface area contributed by atoms with Crippen molar-refractivity contribution in [1.82, 2.24) is 5.32 Å². The summed E-state index contributed by atoms with van der Waals surface area (Å²) in [6.45, 7) is 1.98. The van der Waals surface area contributed by atoms with Crippen molar-refractivity contribution in [2.24, 2.45) is 0 Å². The largest absolute Gasteiger partial charge is 0.507 e. The lowest BCUT2D eigenvalue weighted by atomic mass is 10.0. The number of rotatable bonds is 3. The molecule has 2 N–H and O–H groups in total. The van der Waals surface area contributed by atoms with Gasteiger partial charge in [-0.2, -0.15) is 0 Å². The highest BCUT2D eigenvalue weighted by Gasteiger charge is 2.23. The summed E-state index contributed by atoms with van der Waals surface area (Å²) in [4.78, 5) is 0. The van der Waals surface area contributed by atoms with Gasteiger partial charge in [-0.1, -0.05) is 0 Å². The van der Waals surface area contributed by atoms with E-state index in [2.05, 4.69) is 5.32 Å². The molecule has 0 aromatic heterocycles. The molecule has 0 bridgehead atoms. The van der Waals surface area contributed by atoms with Gasteiger partial charge in [0.1, 0.15) is 17.2 Å². The SMILES string of the molecule is COc1cc(O)c([C@@H]2COCCN2)c(OC)c1. The molecule has 0 aliphatic carbocycles. The van der Waals surface area contributed by atoms with Crippen LogP contribution in [0.2, 0.25) is 0 Å². The molecule has 1 aliphatic rings. The smallest absolute Gasteiger partial charge is 0.131 e. The number of ether oxygens (including phenoxy) is 3. The molecular weight excluding hydrogens is 222 g/mol. The molecule has 0 radical (unpaired) electrons. The van der Waals surface area contributed by atoms with Gasteiger partial charge in [0.05, 0.1) is 39.0 Å². The van der Waals surface area contributed by atoms with Gasteiger partial charge in [0.2, 0.25) is 0 Å². The van der Waals surface area contributed by atoms with Crippen molar-refractivity contribution in [1.29, 1.82) is 0 Å². The van der Waals surface area contributed by atoms with Crippen LogP contribution in [0.4, 0.5) is 0 Å². The Hall–Kier alpha value is -1.46. The molecule has 1 aliphatic heterocycles. The zero-order valence-corrected chi connectivity index (χ0v) is 10.0. The maximum absolute atomic E-state index is 10.0. The molecule has 1 aromatic rings. The minimum atomic E-state index is -0.0513. The average molecular weight is 239 g/mol. The maximum atomic E-state index is 10.0. The molecule has 1 atom stereocenters. The van der Waals surface area contributed by atoms with E-state index in [9.17, 15) is 5.11 Å². The van der Waals surface area contributed by atoms with Crippen LogP contribution < -0.4 is 14.8 Å². The summed E-state index contributed by atoms with van der Waals surface area (Å²) in [5.41, 5.74) is 0.716. The fraction of sp³-hybridized carbons (Fsp3) is 0.500. The molecule has 0 amide bonds. The zero-order valence-electron chi connectivity index (χ0n) is 10.0. The van der Waals surface area contributed by atoms with E-state index >= 15 is 0 Å². The average Bonchev–Trinajstić information content (AvgIpc) is 2.38. The van der Waals surface area contributed by atoms with Crippen molar-refractivity contribution in [3.8, 4) is 17.2 Å². The molecule has 0 spiro atoms. The monoisotopic (exact) mass is 239 g/mol. The highest BCUT2D eigenvalue weighted by molar-refractivity contribution is 5.51.